The van der Waals surface area contributed by atoms with Crippen molar-refractivity contribution in [2.45, 2.75) is 26.3 Å². The van der Waals surface area contributed by atoms with Crippen molar-refractivity contribution in [1.82, 2.24) is 4.90 Å². The predicted octanol–water partition coefficient (Wildman–Crippen LogP) is 2.11. The molecular formula is C16H24N2O. The Hall–Kier alpha value is -1.50. The van der Waals surface area contributed by atoms with Crippen LogP contribution in [0.4, 0.5) is 0 Å². The van der Waals surface area contributed by atoms with Gasteiger partial charge in [0, 0.05) is 18.2 Å². The van der Waals surface area contributed by atoms with Gasteiger partial charge in [-0.3, -0.25) is 0 Å². The molecule has 0 saturated carbocycles. The van der Waals surface area contributed by atoms with Crippen LogP contribution in [0.1, 0.15) is 25.8 Å². The Morgan fingerprint density at radius 3 is 2.58 bits per heavy atom. The van der Waals surface area contributed by atoms with Gasteiger partial charge in [0.15, 0.2) is 0 Å². The van der Waals surface area contributed by atoms with Crippen LogP contribution in [0.25, 0.3) is 0 Å². The summed E-state index contributed by atoms with van der Waals surface area (Å²) < 4.78 is 5.72. The first-order valence-electron chi connectivity index (χ1n) is 6.79. The van der Waals surface area contributed by atoms with Gasteiger partial charge in [0.25, 0.3) is 0 Å². The van der Waals surface area contributed by atoms with E-state index in [1.807, 2.05) is 24.3 Å². The highest BCUT2D eigenvalue weighted by atomic mass is 16.5. The lowest BCUT2D eigenvalue weighted by Gasteiger charge is -2.23. The van der Waals surface area contributed by atoms with Crippen molar-refractivity contribution in [3.63, 3.8) is 0 Å². The van der Waals surface area contributed by atoms with Gasteiger partial charge < -0.3 is 15.4 Å². The smallest absolute Gasteiger partial charge is 0.119 e. The van der Waals surface area contributed by atoms with Gasteiger partial charge in [-0.2, -0.15) is 0 Å². The normalized spacial score (nSPS) is 11.8. The van der Waals surface area contributed by atoms with E-state index in [2.05, 4.69) is 37.6 Å². The molecule has 0 aliphatic carbocycles. The van der Waals surface area contributed by atoms with Crippen LogP contribution in [-0.4, -0.2) is 37.7 Å². The molecule has 3 nitrogen and oxygen atoms in total. The summed E-state index contributed by atoms with van der Waals surface area (Å²) in [5.41, 5.74) is 6.30. The number of ether oxygens (including phenoxy) is 1. The van der Waals surface area contributed by atoms with E-state index in [4.69, 9.17) is 10.5 Å². The molecule has 0 aromatic heterocycles. The lowest BCUT2D eigenvalue weighted by molar-refractivity contribution is 0.196. The number of nitrogens with two attached hydrogens (primary N) is 1. The minimum Gasteiger partial charge on any atom is -0.492 e. The molecule has 0 spiro atoms. The number of hydrogen-bond acceptors (Lipinski definition) is 3. The largest absolute Gasteiger partial charge is 0.492 e. The van der Waals surface area contributed by atoms with Crippen LogP contribution in [0.5, 0.6) is 5.75 Å². The molecular weight excluding hydrogens is 236 g/mol. The SMILES string of the molecule is CCC(C)N(C)CCOc1ccc(C#CCN)cc1. The summed E-state index contributed by atoms with van der Waals surface area (Å²) in [6, 6.07) is 8.40. The minimum absolute atomic E-state index is 0.389. The molecule has 1 aromatic rings. The van der Waals surface area contributed by atoms with E-state index in [9.17, 15) is 0 Å². The lowest BCUT2D eigenvalue weighted by Crippen LogP contribution is -2.32. The van der Waals surface area contributed by atoms with E-state index in [-0.39, 0.29) is 0 Å². The second-order valence-corrected chi connectivity index (χ2v) is 4.62. The van der Waals surface area contributed by atoms with Gasteiger partial charge in [-0.15, -0.1) is 0 Å². The number of hydrogen-bond donors (Lipinski definition) is 1. The first kappa shape index (κ1) is 15.6. The van der Waals surface area contributed by atoms with Crippen LogP contribution in [0.15, 0.2) is 24.3 Å². The molecule has 3 heteroatoms. The third-order valence-corrected chi connectivity index (χ3v) is 3.25. The average molecular weight is 260 g/mol. The molecule has 19 heavy (non-hydrogen) atoms. The molecule has 104 valence electrons. The second kappa shape index (κ2) is 8.58. The van der Waals surface area contributed by atoms with Gasteiger partial charge in [-0.1, -0.05) is 18.8 Å². The monoisotopic (exact) mass is 260 g/mol. The third kappa shape index (κ3) is 5.78. The molecule has 0 radical (unpaired) electrons. The zero-order valence-electron chi connectivity index (χ0n) is 12.1. The van der Waals surface area contributed by atoms with E-state index in [1.54, 1.807) is 0 Å². The van der Waals surface area contributed by atoms with Crippen LogP contribution < -0.4 is 10.5 Å². The van der Waals surface area contributed by atoms with Crippen molar-refractivity contribution in [2.24, 2.45) is 5.73 Å². The standard InChI is InChI=1S/C16H24N2O/c1-4-14(2)18(3)12-13-19-16-9-7-15(8-10-16)6-5-11-17/h7-10,14H,4,11-13,17H2,1-3H3. The second-order valence-electron chi connectivity index (χ2n) is 4.62. The van der Waals surface area contributed by atoms with E-state index in [1.165, 1.54) is 0 Å². The quantitative estimate of drug-likeness (QED) is 0.796. The summed E-state index contributed by atoms with van der Waals surface area (Å²) in [5.74, 6) is 6.71. The van der Waals surface area contributed by atoms with Crippen molar-refractivity contribution in [1.29, 1.82) is 0 Å². The Labute approximate surface area is 116 Å². The Morgan fingerprint density at radius 2 is 2.00 bits per heavy atom. The minimum atomic E-state index is 0.389. The molecule has 0 saturated heterocycles. The maximum atomic E-state index is 5.72. The molecule has 1 aromatic carbocycles. The average Bonchev–Trinajstić information content (AvgIpc) is 2.45. The first-order chi connectivity index (χ1) is 9.17. The highest BCUT2D eigenvalue weighted by Crippen LogP contribution is 2.11. The Balaban J connectivity index is 2.38. The molecule has 1 unspecified atom stereocenters. The van der Waals surface area contributed by atoms with Crippen molar-refractivity contribution in [2.75, 3.05) is 26.7 Å². The fourth-order valence-corrected chi connectivity index (χ4v) is 1.63. The van der Waals surface area contributed by atoms with Crippen LogP contribution in [0, 0.1) is 11.8 Å². The summed E-state index contributed by atoms with van der Waals surface area (Å²) in [6.07, 6.45) is 1.16. The molecule has 2 N–H and O–H groups in total. The third-order valence-electron chi connectivity index (χ3n) is 3.25. The number of likely N-dealkylation sites (N-methyl/N-ethyl adjacent to an activating group) is 1. The van der Waals surface area contributed by atoms with Crippen molar-refractivity contribution < 1.29 is 4.74 Å². The van der Waals surface area contributed by atoms with Crippen LogP contribution >= 0.6 is 0 Å². The van der Waals surface area contributed by atoms with Gasteiger partial charge >= 0.3 is 0 Å². The summed E-state index contributed by atoms with van der Waals surface area (Å²) in [6.45, 7) is 6.45. The fraction of sp³-hybridized carbons (Fsp3) is 0.500. The molecule has 0 aliphatic heterocycles. The molecule has 0 amide bonds. The molecule has 0 fully saturated rings. The van der Waals surface area contributed by atoms with Crippen molar-refractivity contribution in [3.8, 4) is 17.6 Å². The van der Waals surface area contributed by atoms with Gasteiger partial charge in [0.05, 0.1) is 6.54 Å². The Bertz CT molecular complexity index is 417. The zero-order chi connectivity index (χ0) is 14.1. The maximum absolute atomic E-state index is 5.72. The lowest BCUT2D eigenvalue weighted by atomic mass is 10.2. The summed E-state index contributed by atoms with van der Waals surface area (Å²) in [7, 11) is 2.13. The highest BCUT2D eigenvalue weighted by Gasteiger charge is 2.05. The highest BCUT2D eigenvalue weighted by molar-refractivity contribution is 5.38. The molecule has 0 bridgehead atoms. The summed E-state index contributed by atoms with van der Waals surface area (Å²) in [5, 5.41) is 0. The van der Waals surface area contributed by atoms with Gasteiger partial charge in [0.1, 0.15) is 12.4 Å². The maximum Gasteiger partial charge on any atom is 0.119 e. The molecule has 0 aliphatic rings. The van der Waals surface area contributed by atoms with Gasteiger partial charge in [-0.05, 0) is 44.7 Å². The number of rotatable bonds is 6. The van der Waals surface area contributed by atoms with Gasteiger partial charge in [0.2, 0.25) is 0 Å². The number of nitrogens with zero attached hydrogens (tertiary/aromatic N) is 1. The van der Waals surface area contributed by atoms with E-state index < -0.39 is 0 Å². The van der Waals surface area contributed by atoms with Crippen molar-refractivity contribution >= 4 is 0 Å². The predicted molar refractivity (Wildman–Crippen MR) is 80.3 cm³/mol. The Kier molecular flexibility index (Phi) is 7.02. The number of benzene rings is 1. The first-order valence-corrected chi connectivity index (χ1v) is 6.79. The van der Waals surface area contributed by atoms with Crippen molar-refractivity contribution in [3.05, 3.63) is 29.8 Å². The van der Waals surface area contributed by atoms with Crippen LogP contribution in [0.3, 0.4) is 0 Å². The molecule has 1 atom stereocenters. The molecule has 1 rings (SSSR count). The van der Waals surface area contributed by atoms with Crippen LogP contribution in [-0.2, 0) is 0 Å². The van der Waals surface area contributed by atoms with E-state index in [0.717, 1.165) is 24.3 Å². The zero-order valence-corrected chi connectivity index (χ0v) is 12.1. The van der Waals surface area contributed by atoms with Crippen LogP contribution in [0.2, 0.25) is 0 Å². The summed E-state index contributed by atoms with van der Waals surface area (Å²) >= 11 is 0. The fourth-order valence-electron chi connectivity index (χ4n) is 1.63. The summed E-state index contributed by atoms with van der Waals surface area (Å²) in [4.78, 5) is 2.31. The van der Waals surface area contributed by atoms with E-state index in [0.29, 0.717) is 19.2 Å². The van der Waals surface area contributed by atoms with Gasteiger partial charge in [-0.25, -0.2) is 0 Å². The van der Waals surface area contributed by atoms with E-state index >= 15 is 0 Å². The Morgan fingerprint density at radius 1 is 1.32 bits per heavy atom. The molecule has 0 heterocycles. The topological polar surface area (TPSA) is 38.5 Å².